The van der Waals surface area contributed by atoms with Gasteiger partial charge in [0.25, 0.3) is 0 Å². The fourth-order valence-electron chi connectivity index (χ4n) is 2.52. The van der Waals surface area contributed by atoms with Crippen LogP contribution in [-0.2, 0) is 4.79 Å². The Morgan fingerprint density at radius 1 is 1.14 bits per heavy atom. The van der Waals surface area contributed by atoms with Crippen molar-refractivity contribution in [2.45, 2.75) is 52.6 Å². The number of nitrogens with zero attached hydrogens (tertiary/aromatic N) is 2. The van der Waals surface area contributed by atoms with Crippen molar-refractivity contribution in [3.63, 3.8) is 0 Å². The molecule has 1 aliphatic heterocycles. The first-order valence-corrected chi connectivity index (χ1v) is 7.86. The summed E-state index contributed by atoms with van der Waals surface area (Å²) in [5.74, 6) is -0.776. The van der Waals surface area contributed by atoms with Crippen LogP contribution in [0.1, 0.15) is 40.5 Å². The minimum atomic E-state index is -0.879. The normalized spacial score (nSPS) is 19.4. The van der Waals surface area contributed by atoms with Crippen molar-refractivity contribution in [1.29, 1.82) is 0 Å². The van der Waals surface area contributed by atoms with Crippen LogP contribution in [0.5, 0.6) is 0 Å². The third kappa shape index (κ3) is 5.53. The van der Waals surface area contributed by atoms with Gasteiger partial charge < -0.3 is 15.3 Å². The largest absolute Gasteiger partial charge is 0.481 e. The minimum Gasteiger partial charge on any atom is -0.481 e. The zero-order valence-electron chi connectivity index (χ0n) is 13.6. The molecule has 122 valence electrons. The van der Waals surface area contributed by atoms with E-state index in [-0.39, 0.29) is 24.4 Å². The third-order valence-corrected chi connectivity index (χ3v) is 4.32. The molecular weight excluding hydrogens is 270 g/mol. The van der Waals surface area contributed by atoms with Gasteiger partial charge in [0.15, 0.2) is 0 Å². The number of piperazine rings is 1. The number of carbonyl (C=O) groups is 2. The molecule has 1 fully saturated rings. The second-order valence-electron chi connectivity index (χ2n) is 6.18. The Balaban J connectivity index is 2.47. The molecule has 2 amide bonds. The summed E-state index contributed by atoms with van der Waals surface area (Å²) in [6, 6.07) is 0.0898. The summed E-state index contributed by atoms with van der Waals surface area (Å²) in [7, 11) is 0. The zero-order valence-corrected chi connectivity index (χ0v) is 13.6. The van der Waals surface area contributed by atoms with E-state index in [4.69, 9.17) is 5.11 Å². The molecule has 1 heterocycles. The van der Waals surface area contributed by atoms with Gasteiger partial charge in [-0.2, -0.15) is 0 Å². The zero-order chi connectivity index (χ0) is 16.0. The van der Waals surface area contributed by atoms with Crippen molar-refractivity contribution in [3.05, 3.63) is 0 Å². The van der Waals surface area contributed by atoms with E-state index >= 15 is 0 Å². The van der Waals surface area contributed by atoms with Gasteiger partial charge in [-0.25, -0.2) is 4.79 Å². The van der Waals surface area contributed by atoms with Gasteiger partial charge in [-0.3, -0.25) is 9.69 Å². The Morgan fingerprint density at radius 3 is 2.14 bits per heavy atom. The van der Waals surface area contributed by atoms with Gasteiger partial charge in [-0.15, -0.1) is 0 Å². The van der Waals surface area contributed by atoms with Crippen LogP contribution >= 0.6 is 0 Å². The van der Waals surface area contributed by atoms with Gasteiger partial charge in [-0.05, 0) is 19.3 Å². The minimum absolute atomic E-state index is 0.0315. The van der Waals surface area contributed by atoms with E-state index in [1.807, 2.05) is 13.8 Å². The van der Waals surface area contributed by atoms with E-state index in [0.717, 1.165) is 19.5 Å². The van der Waals surface area contributed by atoms with Crippen LogP contribution in [0.4, 0.5) is 4.79 Å². The van der Waals surface area contributed by atoms with Gasteiger partial charge in [0.1, 0.15) is 0 Å². The number of carboxylic acid groups (broad SMARTS) is 1. The smallest absolute Gasteiger partial charge is 0.317 e. The SMILES string of the molecule is CCC(C)N1CCN(C(=O)NC(CC(=O)O)C(C)C)CC1. The van der Waals surface area contributed by atoms with Crippen molar-refractivity contribution in [3.8, 4) is 0 Å². The Morgan fingerprint density at radius 2 is 1.71 bits per heavy atom. The predicted octanol–water partition coefficient (Wildman–Crippen LogP) is 1.61. The number of hydrogen-bond acceptors (Lipinski definition) is 3. The van der Waals surface area contributed by atoms with Crippen molar-refractivity contribution in [2.24, 2.45) is 5.92 Å². The van der Waals surface area contributed by atoms with Crippen molar-refractivity contribution < 1.29 is 14.7 Å². The maximum absolute atomic E-state index is 12.2. The number of aliphatic carboxylic acids is 1. The highest BCUT2D eigenvalue weighted by atomic mass is 16.4. The molecule has 0 aromatic carbocycles. The number of amides is 2. The van der Waals surface area contributed by atoms with E-state index in [2.05, 4.69) is 24.1 Å². The van der Waals surface area contributed by atoms with E-state index in [1.165, 1.54) is 0 Å². The quantitative estimate of drug-likeness (QED) is 0.781. The lowest BCUT2D eigenvalue weighted by Crippen LogP contribution is -2.55. The molecule has 0 saturated carbocycles. The summed E-state index contributed by atoms with van der Waals surface area (Å²) in [5, 5.41) is 11.8. The van der Waals surface area contributed by atoms with Gasteiger partial charge in [-0.1, -0.05) is 20.8 Å². The molecule has 0 aromatic heterocycles. The standard InChI is InChI=1S/C15H29N3O3/c1-5-12(4)17-6-8-18(9-7-17)15(21)16-13(11(2)3)10-14(19)20/h11-13H,5-10H2,1-4H3,(H,16,21)(H,19,20). The average Bonchev–Trinajstić information content (AvgIpc) is 2.45. The van der Waals surface area contributed by atoms with Gasteiger partial charge in [0.2, 0.25) is 0 Å². The molecular formula is C15H29N3O3. The Bertz CT molecular complexity index is 352. The highest BCUT2D eigenvalue weighted by Crippen LogP contribution is 2.11. The fraction of sp³-hybridized carbons (Fsp3) is 0.867. The first-order valence-electron chi connectivity index (χ1n) is 7.86. The maximum atomic E-state index is 12.2. The molecule has 2 atom stereocenters. The number of urea groups is 1. The number of carbonyl (C=O) groups excluding carboxylic acids is 1. The summed E-state index contributed by atoms with van der Waals surface area (Å²) < 4.78 is 0. The number of rotatable bonds is 6. The van der Waals surface area contributed by atoms with Gasteiger partial charge in [0.05, 0.1) is 6.42 Å². The van der Waals surface area contributed by atoms with Crippen LogP contribution in [0.2, 0.25) is 0 Å². The second kappa shape index (κ2) is 8.22. The van der Waals surface area contributed by atoms with Crippen LogP contribution in [-0.4, -0.2) is 65.2 Å². The first-order chi connectivity index (χ1) is 9.85. The summed E-state index contributed by atoms with van der Waals surface area (Å²) in [6.45, 7) is 11.4. The molecule has 2 N–H and O–H groups in total. The molecule has 2 unspecified atom stereocenters. The molecule has 1 aliphatic rings. The third-order valence-electron chi connectivity index (χ3n) is 4.32. The summed E-state index contributed by atoms with van der Waals surface area (Å²) >= 11 is 0. The molecule has 0 bridgehead atoms. The van der Waals surface area contributed by atoms with Gasteiger partial charge >= 0.3 is 12.0 Å². The predicted molar refractivity (Wildman–Crippen MR) is 82.3 cm³/mol. The average molecular weight is 299 g/mol. The molecule has 21 heavy (non-hydrogen) atoms. The molecule has 0 radical (unpaired) electrons. The van der Waals surface area contributed by atoms with E-state index in [9.17, 15) is 9.59 Å². The molecule has 6 nitrogen and oxygen atoms in total. The maximum Gasteiger partial charge on any atom is 0.317 e. The lowest BCUT2D eigenvalue weighted by molar-refractivity contribution is -0.137. The number of nitrogens with one attached hydrogen (secondary N) is 1. The summed E-state index contributed by atoms with van der Waals surface area (Å²) in [6.07, 6.45) is 1.08. The van der Waals surface area contributed by atoms with E-state index in [0.29, 0.717) is 19.1 Å². The molecule has 0 aliphatic carbocycles. The Labute approximate surface area is 127 Å². The highest BCUT2D eigenvalue weighted by Gasteiger charge is 2.26. The topological polar surface area (TPSA) is 72.9 Å². The van der Waals surface area contributed by atoms with E-state index < -0.39 is 5.97 Å². The second-order valence-corrected chi connectivity index (χ2v) is 6.18. The van der Waals surface area contributed by atoms with Crippen LogP contribution in [0.15, 0.2) is 0 Å². The Kier molecular flexibility index (Phi) is 6.95. The first kappa shape index (κ1) is 17.8. The lowest BCUT2D eigenvalue weighted by Gasteiger charge is -2.38. The highest BCUT2D eigenvalue weighted by molar-refractivity contribution is 5.76. The summed E-state index contributed by atoms with van der Waals surface area (Å²) in [5.41, 5.74) is 0. The van der Waals surface area contributed by atoms with Crippen LogP contribution in [0, 0.1) is 5.92 Å². The lowest BCUT2D eigenvalue weighted by atomic mass is 10.0. The van der Waals surface area contributed by atoms with Gasteiger partial charge in [0, 0.05) is 38.3 Å². The molecule has 0 spiro atoms. The molecule has 1 rings (SSSR count). The summed E-state index contributed by atoms with van der Waals surface area (Å²) in [4.78, 5) is 27.3. The van der Waals surface area contributed by atoms with E-state index in [1.54, 1.807) is 4.90 Å². The van der Waals surface area contributed by atoms with Crippen molar-refractivity contribution in [1.82, 2.24) is 15.1 Å². The van der Waals surface area contributed by atoms with Crippen LogP contribution in [0.3, 0.4) is 0 Å². The Hall–Kier alpha value is -1.30. The fourth-order valence-corrected chi connectivity index (χ4v) is 2.52. The van der Waals surface area contributed by atoms with Crippen molar-refractivity contribution in [2.75, 3.05) is 26.2 Å². The van der Waals surface area contributed by atoms with Crippen LogP contribution in [0.25, 0.3) is 0 Å². The van der Waals surface area contributed by atoms with Crippen LogP contribution < -0.4 is 5.32 Å². The monoisotopic (exact) mass is 299 g/mol. The number of carboxylic acids is 1. The molecule has 0 aromatic rings. The molecule has 6 heteroatoms. The number of hydrogen-bond donors (Lipinski definition) is 2. The van der Waals surface area contributed by atoms with Crippen molar-refractivity contribution >= 4 is 12.0 Å². The molecule has 1 saturated heterocycles.